The molecule has 108 valence electrons. The highest BCUT2D eigenvalue weighted by molar-refractivity contribution is 5.82. The SMILES string of the molecule is CC(C)(Cc1cc2cc(C(F)(F)F)ccc2[nH]1)C(=O)O. The molecule has 0 unspecified atom stereocenters. The molecule has 0 saturated heterocycles. The summed E-state index contributed by atoms with van der Waals surface area (Å²) >= 11 is 0. The third kappa shape index (κ3) is 2.79. The van der Waals surface area contributed by atoms with Crippen LogP contribution >= 0.6 is 0 Å². The monoisotopic (exact) mass is 285 g/mol. The van der Waals surface area contributed by atoms with Gasteiger partial charge in [-0.2, -0.15) is 13.2 Å². The molecule has 0 amide bonds. The molecule has 0 radical (unpaired) electrons. The van der Waals surface area contributed by atoms with Gasteiger partial charge >= 0.3 is 12.1 Å². The van der Waals surface area contributed by atoms with E-state index in [0.29, 0.717) is 16.6 Å². The quantitative estimate of drug-likeness (QED) is 0.900. The summed E-state index contributed by atoms with van der Waals surface area (Å²) in [6.07, 6.45) is -4.16. The van der Waals surface area contributed by atoms with Gasteiger partial charge in [0.05, 0.1) is 11.0 Å². The summed E-state index contributed by atoms with van der Waals surface area (Å²) in [5.74, 6) is -0.952. The van der Waals surface area contributed by atoms with Crippen LogP contribution in [0.4, 0.5) is 13.2 Å². The molecule has 0 bridgehead atoms. The van der Waals surface area contributed by atoms with Crippen LogP contribution in [0, 0.1) is 5.41 Å². The number of fused-ring (bicyclic) bond motifs is 1. The maximum atomic E-state index is 12.6. The lowest BCUT2D eigenvalue weighted by molar-refractivity contribution is -0.146. The normalized spacial score (nSPS) is 12.8. The molecule has 2 aromatic rings. The Morgan fingerprint density at radius 2 is 1.90 bits per heavy atom. The van der Waals surface area contributed by atoms with E-state index in [1.165, 1.54) is 6.07 Å². The summed E-state index contributed by atoms with van der Waals surface area (Å²) in [6.45, 7) is 3.14. The number of nitrogens with one attached hydrogen (secondary N) is 1. The van der Waals surface area contributed by atoms with Crippen LogP contribution in [0.3, 0.4) is 0 Å². The van der Waals surface area contributed by atoms with Crippen LogP contribution in [0.1, 0.15) is 25.1 Å². The first-order chi connectivity index (χ1) is 9.09. The van der Waals surface area contributed by atoms with Crippen molar-refractivity contribution in [1.82, 2.24) is 4.98 Å². The van der Waals surface area contributed by atoms with E-state index in [2.05, 4.69) is 4.98 Å². The summed E-state index contributed by atoms with van der Waals surface area (Å²) < 4.78 is 37.8. The number of aromatic amines is 1. The standard InChI is InChI=1S/C14H14F3NO2/c1-13(2,12(19)20)7-10-6-8-5-9(14(15,16)17)3-4-11(8)18-10/h3-6,18H,7H2,1-2H3,(H,19,20). The summed E-state index contributed by atoms with van der Waals surface area (Å²) in [4.78, 5) is 14.0. The van der Waals surface area contributed by atoms with Gasteiger partial charge in [-0.15, -0.1) is 0 Å². The van der Waals surface area contributed by atoms with Crippen LogP contribution in [-0.2, 0) is 17.4 Å². The average molecular weight is 285 g/mol. The number of alkyl halides is 3. The molecule has 20 heavy (non-hydrogen) atoms. The van der Waals surface area contributed by atoms with E-state index >= 15 is 0 Å². The van der Waals surface area contributed by atoms with Crippen molar-refractivity contribution < 1.29 is 23.1 Å². The van der Waals surface area contributed by atoms with Crippen LogP contribution in [0.2, 0.25) is 0 Å². The van der Waals surface area contributed by atoms with Crippen LogP contribution in [0.15, 0.2) is 24.3 Å². The van der Waals surface area contributed by atoms with Crippen molar-refractivity contribution in [2.75, 3.05) is 0 Å². The number of aliphatic carboxylic acids is 1. The first-order valence-electron chi connectivity index (χ1n) is 6.02. The maximum absolute atomic E-state index is 12.6. The molecule has 0 fully saturated rings. The van der Waals surface area contributed by atoms with E-state index in [4.69, 9.17) is 5.11 Å². The number of benzene rings is 1. The van der Waals surface area contributed by atoms with Crippen molar-refractivity contribution in [3.8, 4) is 0 Å². The van der Waals surface area contributed by atoms with E-state index in [1.54, 1.807) is 19.9 Å². The highest BCUT2D eigenvalue weighted by Gasteiger charge is 2.31. The first-order valence-corrected chi connectivity index (χ1v) is 6.02. The number of hydrogen-bond acceptors (Lipinski definition) is 1. The lowest BCUT2D eigenvalue weighted by Gasteiger charge is -2.17. The Balaban J connectivity index is 2.37. The summed E-state index contributed by atoms with van der Waals surface area (Å²) in [6, 6.07) is 4.98. The highest BCUT2D eigenvalue weighted by Crippen LogP contribution is 2.32. The van der Waals surface area contributed by atoms with Gasteiger partial charge in [-0.3, -0.25) is 4.79 Å². The smallest absolute Gasteiger partial charge is 0.416 e. The van der Waals surface area contributed by atoms with E-state index in [0.717, 1.165) is 12.1 Å². The van der Waals surface area contributed by atoms with E-state index in [-0.39, 0.29) is 6.42 Å². The van der Waals surface area contributed by atoms with E-state index in [9.17, 15) is 18.0 Å². The minimum Gasteiger partial charge on any atom is -0.481 e. The number of hydrogen-bond donors (Lipinski definition) is 2. The molecule has 1 aromatic heterocycles. The predicted molar refractivity (Wildman–Crippen MR) is 68.4 cm³/mol. The maximum Gasteiger partial charge on any atom is 0.416 e. The molecule has 1 heterocycles. The van der Waals surface area contributed by atoms with Gasteiger partial charge in [-0.05, 0) is 38.1 Å². The molecule has 2 rings (SSSR count). The van der Waals surface area contributed by atoms with E-state index in [1.807, 2.05) is 0 Å². The largest absolute Gasteiger partial charge is 0.481 e. The first kappa shape index (κ1) is 14.4. The fourth-order valence-corrected chi connectivity index (χ4v) is 2.02. The number of carboxylic acids is 1. The minimum absolute atomic E-state index is 0.221. The van der Waals surface area contributed by atoms with Gasteiger partial charge < -0.3 is 10.1 Å². The third-order valence-corrected chi connectivity index (χ3v) is 3.22. The van der Waals surface area contributed by atoms with Crippen LogP contribution in [0.5, 0.6) is 0 Å². The fourth-order valence-electron chi connectivity index (χ4n) is 2.02. The van der Waals surface area contributed by atoms with Gasteiger partial charge in [-0.25, -0.2) is 0 Å². The minimum atomic E-state index is -4.38. The summed E-state index contributed by atoms with van der Waals surface area (Å²) in [5, 5.41) is 9.49. The number of H-pyrrole nitrogens is 1. The number of rotatable bonds is 3. The predicted octanol–water partition coefficient (Wildman–Crippen LogP) is 3.84. The summed E-state index contributed by atoms with van der Waals surface area (Å²) in [7, 11) is 0. The molecule has 1 aromatic carbocycles. The van der Waals surface area contributed by atoms with E-state index < -0.39 is 23.1 Å². The number of halogens is 3. The van der Waals surface area contributed by atoms with Gasteiger partial charge in [0.2, 0.25) is 0 Å². The van der Waals surface area contributed by atoms with Gasteiger partial charge in [0.1, 0.15) is 0 Å². The Hall–Kier alpha value is -1.98. The molecule has 3 nitrogen and oxygen atoms in total. The molecule has 0 spiro atoms. The fraction of sp³-hybridized carbons (Fsp3) is 0.357. The van der Waals surface area contributed by atoms with Gasteiger partial charge in [0.15, 0.2) is 0 Å². The number of carbonyl (C=O) groups is 1. The molecule has 0 aliphatic rings. The van der Waals surface area contributed by atoms with Gasteiger partial charge in [0, 0.05) is 23.0 Å². The topological polar surface area (TPSA) is 53.1 Å². The van der Waals surface area contributed by atoms with Crippen LogP contribution in [0.25, 0.3) is 10.9 Å². The molecule has 2 N–H and O–H groups in total. The lowest BCUT2D eigenvalue weighted by atomic mass is 9.88. The zero-order chi connectivity index (χ0) is 15.1. The number of carboxylic acid groups (broad SMARTS) is 1. The molecule has 0 aliphatic heterocycles. The third-order valence-electron chi connectivity index (χ3n) is 3.22. The molecule has 0 atom stereocenters. The van der Waals surface area contributed by atoms with Gasteiger partial charge in [0.25, 0.3) is 0 Å². The number of aromatic nitrogens is 1. The van der Waals surface area contributed by atoms with Crippen molar-refractivity contribution in [1.29, 1.82) is 0 Å². The molecule has 0 saturated carbocycles. The summed E-state index contributed by atoms with van der Waals surface area (Å²) in [5.41, 5.74) is -0.526. The Morgan fingerprint density at radius 3 is 2.45 bits per heavy atom. The Bertz CT molecular complexity index is 656. The van der Waals surface area contributed by atoms with Crippen molar-refractivity contribution in [3.05, 3.63) is 35.5 Å². The second-order valence-electron chi connectivity index (χ2n) is 5.46. The Labute approximate surface area is 113 Å². The van der Waals surface area contributed by atoms with Crippen molar-refractivity contribution >= 4 is 16.9 Å². The Kier molecular flexibility index (Phi) is 3.28. The molecular formula is C14H14F3NO2. The van der Waals surface area contributed by atoms with Crippen molar-refractivity contribution in [2.45, 2.75) is 26.4 Å². The van der Waals surface area contributed by atoms with Crippen molar-refractivity contribution in [3.63, 3.8) is 0 Å². The van der Waals surface area contributed by atoms with Gasteiger partial charge in [-0.1, -0.05) is 0 Å². The molecule has 6 heteroatoms. The highest BCUT2D eigenvalue weighted by atomic mass is 19.4. The van der Waals surface area contributed by atoms with Crippen LogP contribution < -0.4 is 0 Å². The average Bonchev–Trinajstić information content (AvgIpc) is 2.67. The van der Waals surface area contributed by atoms with Crippen molar-refractivity contribution in [2.24, 2.45) is 5.41 Å². The zero-order valence-corrected chi connectivity index (χ0v) is 11.0. The Morgan fingerprint density at radius 1 is 1.25 bits per heavy atom. The zero-order valence-electron chi connectivity index (χ0n) is 11.0. The molecule has 0 aliphatic carbocycles. The van der Waals surface area contributed by atoms with Crippen LogP contribution in [-0.4, -0.2) is 16.1 Å². The second kappa shape index (κ2) is 4.54. The second-order valence-corrected chi connectivity index (χ2v) is 5.46. The lowest BCUT2D eigenvalue weighted by Crippen LogP contribution is -2.26. The molecular weight excluding hydrogens is 271 g/mol.